The lowest BCUT2D eigenvalue weighted by molar-refractivity contribution is 0.0689. The Morgan fingerprint density at radius 3 is 2.67 bits per heavy atom. The Bertz CT molecular complexity index is 318. The normalized spacial score (nSPS) is 10.9. The first-order valence-electron chi connectivity index (χ1n) is 5.16. The maximum Gasteiger partial charge on any atom is 0.356 e. The third-order valence-electron chi connectivity index (χ3n) is 2.40. The summed E-state index contributed by atoms with van der Waals surface area (Å²) in [6.07, 6.45) is 1.70. The zero-order valence-electron chi connectivity index (χ0n) is 9.18. The van der Waals surface area contributed by atoms with Gasteiger partial charge in [0, 0.05) is 12.7 Å². The van der Waals surface area contributed by atoms with Crippen molar-refractivity contribution in [3.8, 4) is 0 Å². The van der Waals surface area contributed by atoms with Gasteiger partial charge in [0.25, 0.3) is 0 Å². The molecule has 0 aliphatic carbocycles. The SMILES string of the molecule is CCN(CC)CCn1ccc(C(=O)O)n1. The van der Waals surface area contributed by atoms with Gasteiger partial charge in [-0.3, -0.25) is 4.68 Å². The second-order valence-electron chi connectivity index (χ2n) is 3.30. The molecule has 0 radical (unpaired) electrons. The average molecular weight is 211 g/mol. The smallest absolute Gasteiger partial charge is 0.356 e. The molecule has 0 spiro atoms. The van der Waals surface area contributed by atoms with Crippen molar-refractivity contribution in [2.75, 3.05) is 19.6 Å². The number of carboxylic acid groups (broad SMARTS) is 1. The molecule has 0 atom stereocenters. The van der Waals surface area contributed by atoms with Gasteiger partial charge in [-0.15, -0.1) is 0 Å². The number of hydrogen-bond acceptors (Lipinski definition) is 3. The lowest BCUT2D eigenvalue weighted by Gasteiger charge is -2.17. The van der Waals surface area contributed by atoms with Crippen LogP contribution in [0, 0.1) is 0 Å². The van der Waals surface area contributed by atoms with Crippen LogP contribution in [0.5, 0.6) is 0 Å². The van der Waals surface area contributed by atoms with Gasteiger partial charge in [0.1, 0.15) is 0 Å². The van der Waals surface area contributed by atoms with Crippen molar-refractivity contribution in [3.05, 3.63) is 18.0 Å². The van der Waals surface area contributed by atoms with Crippen LogP contribution in [-0.2, 0) is 6.54 Å². The van der Waals surface area contributed by atoms with Gasteiger partial charge in [0.15, 0.2) is 5.69 Å². The fourth-order valence-electron chi connectivity index (χ4n) is 1.38. The first kappa shape index (κ1) is 11.7. The molecule has 0 fully saturated rings. The molecule has 0 amide bonds. The van der Waals surface area contributed by atoms with Crippen LogP contribution >= 0.6 is 0 Å². The highest BCUT2D eigenvalue weighted by Gasteiger charge is 2.06. The number of carbonyl (C=O) groups is 1. The van der Waals surface area contributed by atoms with Crippen LogP contribution in [0.3, 0.4) is 0 Å². The number of likely N-dealkylation sites (N-methyl/N-ethyl adjacent to an activating group) is 1. The highest BCUT2D eigenvalue weighted by atomic mass is 16.4. The van der Waals surface area contributed by atoms with Crippen LogP contribution in [0.25, 0.3) is 0 Å². The van der Waals surface area contributed by atoms with E-state index in [-0.39, 0.29) is 5.69 Å². The summed E-state index contributed by atoms with van der Waals surface area (Å²) in [5.41, 5.74) is 0.106. The molecular weight excluding hydrogens is 194 g/mol. The molecule has 0 saturated heterocycles. The summed E-state index contributed by atoms with van der Waals surface area (Å²) in [4.78, 5) is 12.8. The summed E-state index contributed by atoms with van der Waals surface area (Å²) in [7, 11) is 0. The van der Waals surface area contributed by atoms with Crippen molar-refractivity contribution < 1.29 is 9.90 Å². The fourth-order valence-corrected chi connectivity index (χ4v) is 1.38. The van der Waals surface area contributed by atoms with Gasteiger partial charge in [0.05, 0.1) is 6.54 Å². The van der Waals surface area contributed by atoms with E-state index in [1.165, 1.54) is 6.07 Å². The Balaban J connectivity index is 2.47. The molecule has 15 heavy (non-hydrogen) atoms. The standard InChI is InChI=1S/C10H17N3O2/c1-3-12(4-2)7-8-13-6-5-9(11-13)10(14)15/h5-6H,3-4,7-8H2,1-2H3,(H,14,15). The maximum absolute atomic E-state index is 10.6. The topological polar surface area (TPSA) is 58.4 Å². The van der Waals surface area contributed by atoms with Gasteiger partial charge in [-0.05, 0) is 19.2 Å². The quantitative estimate of drug-likeness (QED) is 0.760. The van der Waals surface area contributed by atoms with Crippen LogP contribution in [0.4, 0.5) is 0 Å². The Hall–Kier alpha value is -1.36. The number of hydrogen-bond donors (Lipinski definition) is 1. The van der Waals surface area contributed by atoms with E-state index in [9.17, 15) is 4.79 Å². The molecule has 0 bridgehead atoms. The van der Waals surface area contributed by atoms with Crippen LogP contribution in [-0.4, -0.2) is 45.4 Å². The minimum Gasteiger partial charge on any atom is -0.476 e. The third kappa shape index (κ3) is 3.36. The molecule has 5 nitrogen and oxygen atoms in total. The third-order valence-corrected chi connectivity index (χ3v) is 2.40. The van der Waals surface area contributed by atoms with Crippen LogP contribution in [0.1, 0.15) is 24.3 Å². The summed E-state index contributed by atoms with van der Waals surface area (Å²) in [5, 5.41) is 12.6. The van der Waals surface area contributed by atoms with Gasteiger partial charge in [-0.25, -0.2) is 4.79 Å². The molecule has 84 valence electrons. The van der Waals surface area contributed by atoms with Gasteiger partial charge in [-0.1, -0.05) is 13.8 Å². The van der Waals surface area contributed by atoms with E-state index in [1.54, 1.807) is 10.9 Å². The molecule has 1 heterocycles. The van der Waals surface area contributed by atoms with Crippen molar-refractivity contribution in [3.63, 3.8) is 0 Å². The minimum atomic E-state index is -0.975. The Labute approximate surface area is 89.3 Å². The highest BCUT2D eigenvalue weighted by Crippen LogP contribution is 1.96. The van der Waals surface area contributed by atoms with E-state index >= 15 is 0 Å². The molecular formula is C10H17N3O2. The van der Waals surface area contributed by atoms with Gasteiger partial charge < -0.3 is 10.0 Å². The summed E-state index contributed by atoms with van der Waals surface area (Å²) in [6, 6.07) is 1.52. The van der Waals surface area contributed by atoms with E-state index in [0.717, 1.165) is 26.2 Å². The molecule has 0 unspecified atom stereocenters. The Morgan fingerprint density at radius 1 is 1.53 bits per heavy atom. The predicted octanol–water partition coefficient (Wildman–Crippen LogP) is 0.923. The molecule has 5 heteroatoms. The molecule has 0 aliphatic heterocycles. The molecule has 0 aliphatic rings. The van der Waals surface area contributed by atoms with E-state index < -0.39 is 5.97 Å². The molecule has 1 rings (SSSR count). The first-order chi connectivity index (χ1) is 7.17. The second-order valence-corrected chi connectivity index (χ2v) is 3.30. The second kappa shape index (κ2) is 5.50. The minimum absolute atomic E-state index is 0.106. The first-order valence-corrected chi connectivity index (χ1v) is 5.16. The van der Waals surface area contributed by atoms with E-state index in [2.05, 4.69) is 23.8 Å². The largest absolute Gasteiger partial charge is 0.476 e. The van der Waals surface area contributed by atoms with Crippen molar-refractivity contribution in [2.24, 2.45) is 0 Å². The highest BCUT2D eigenvalue weighted by molar-refractivity contribution is 5.84. The van der Waals surface area contributed by atoms with Crippen LogP contribution in [0.2, 0.25) is 0 Å². The molecule has 1 N–H and O–H groups in total. The summed E-state index contributed by atoms with van der Waals surface area (Å²) < 4.78 is 1.67. The number of rotatable bonds is 6. The lowest BCUT2D eigenvalue weighted by atomic mass is 10.4. The van der Waals surface area contributed by atoms with Gasteiger partial charge in [-0.2, -0.15) is 5.10 Å². The lowest BCUT2D eigenvalue weighted by Crippen LogP contribution is -2.27. The summed E-state index contributed by atoms with van der Waals surface area (Å²) in [5.74, 6) is -0.975. The predicted molar refractivity (Wildman–Crippen MR) is 57.0 cm³/mol. The molecule has 0 aromatic carbocycles. The van der Waals surface area contributed by atoms with Crippen molar-refractivity contribution in [2.45, 2.75) is 20.4 Å². The molecule has 0 saturated carbocycles. The zero-order valence-corrected chi connectivity index (χ0v) is 9.18. The number of aromatic carboxylic acids is 1. The van der Waals surface area contributed by atoms with Gasteiger partial charge in [0.2, 0.25) is 0 Å². The Morgan fingerprint density at radius 2 is 2.20 bits per heavy atom. The van der Waals surface area contributed by atoms with Crippen molar-refractivity contribution in [1.82, 2.24) is 14.7 Å². The van der Waals surface area contributed by atoms with E-state index in [1.807, 2.05) is 0 Å². The van der Waals surface area contributed by atoms with Crippen molar-refractivity contribution >= 4 is 5.97 Å². The van der Waals surface area contributed by atoms with E-state index in [0.29, 0.717) is 0 Å². The Kier molecular flexibility index (Phi) is 4.30. The summed E-state index contributed by atoms with van der Waals surface area (Å²) >= 11 is 0. The van der Waals surface area contributed by atoms with Crippen LogP contribution in [0.15, 0.2) is 12.3 Å². The number of carboxylic acids is 1. The monoisotopic (exact) mass is 211 g/mol. The van der Waals surface area contributed by atoms with Crippen LogP contribution < -0.4 is 0 Å². The number of aromatic nitrogens is 2. The number of nitrogens with zero attached hydrogens (tertiary/aromatic N) is 3. The fraction of sp³-hybridized carbons (Fsp3) is 0.600. The zero-order chi connectivity index (χ0) is 11.3. The molecule has 1 aromatic rings. The van der Waals surface area contributed by atoms with E-state index in [4.69, 9.17) is 5.11 Å². The van der Waals surface area contributed by atoms with Gasteiger partial charge >= 0.3 is 5.97 Å². The molecule has 1 aromatic heterocycles. The maximum atomic E-state index is 10.6. The van der Waals surface area contributed by atoms with Crippen molar-refractivity contribution in [1.29, 1.82) is 0 Å². The average Bonchev–Trinajstić information content (AvgIpc) is 2.68. The summed E-state index contributed by atoms with van der Waals surface area (Å²) in [6.45, 7) is 7.85.